The Balaban J connectivity index is 1.70. The van der Waals surface area contributed by atoms with Crippen LogP contribution in [0.1, 0.15) is 135 Å². The molecule has 4 heteroatoms. The van der Waals surface area contributed by atoms with E-state index in [9.17, 15) is 0 Å². The molecule has 0 saturated heterocycles. The summed E-state index contributed by atoms with van der Waals surface area (Å²) >= 11 is 4.23. The zero-order valence-corrected chi connectivity index (χ0v) is 20.2. The molecule has 1 aromatic rings. The predicted octanol–water partition coefficient (Wildman–Crippen LogP) is 8.58. The first-order valence-corrected chi connectivity index (χ1v) is 13.2. The molecule has 1 heterocycles. The Morgan fingerprint density at radius 2 is 1.00 bits per heavy atom. The SMILES string of the molecule is CCCCCCCCCCCCCCCCCCCCCCn1nc(S)cc1N. The van der Waals surface area contributed by atoms with Gasteiger partial charge in [-0.3, -0.25) is 0 Å². The van der Waals surface area contributed by atoms with Crippen molar-refractivity contribution in [3.63, 3.8) is 0 Å². The molecule has 2 N–H and O–H groups in total. The van der Waals surface area contributed by atoms with E-state index < -0.39 is 0 Å². The molecule has 0 aliphatic carbocycles. The van der Waals surface area contributed by atoms with Crippen molar-refractivity contribution in [2.75, 3.05) is 5.73 Å². The van der Waals surface area contributed by atoms with Crippen molar-refractivity contribution in [1.82, 2.24) is 9.78 Å². The Hall–Kier alpha value is -0.640. The van der Waals surface area contributed by atoms with Gasteiger partial charge in [0.1, 0.15) is 10.8 Å². The van der Waals surface area contributed by atoms with E-state index in [1.165, 1.54) is 122 Å². The second-order valence-corrected chi connectivity index (χ2v) is 9.33. The second kappa shape index (κ2) is 19.3. The monoisotopic (exact) mass is 423 g/mol. The zero-order valence-electron chi connectivity index (χ0n) is 19.3. The van der Waals surface area contributed by atoms with E-state index in [0.29, 0.717) is 0 Å². The maximum atomic E-state index is 5.88. The second-order valence-electron chi connectivity index (χ2n) is 8.87. The van der Waals surface area contributed by atoms with Crippen LogP contribution in [0.2, 0.25) is 0 Å². The Labute approximate surface area is 187 Å². The van der Waals surface area contributed by atoms with Crippen LogP contribution in [-0.4, -0.2) is 9.78 Å². The zero-order chi connectivity index (χ0) is 21.0. The van der Waals surface area contributed by atoms with E-state index >= 15 is 0 Å². The molecule has 0 aliphatic rings. The number of nitrogens with zero attached hydrogens (tertiary/aromatic N) is 2. The van der Waals surface area contributed by atoms with Crippen molar-refractivity contribution in [2.45, 2.75) is 147 Å². The summed E-state index contributed by atoms with van der Waals surface area (Å²) in [5, 5.41) is 5.00. The molecular weight excluding hydrogens is 374 g/mol. The van der Waals surface area contributed by atoms with E-state index in [4.69, 9.17) is 5.73 Å². The number of nitrogens with two attached hydrogens (primary N) is 1. The molecule has 29 heavy (non-hydrogen) atoms. The summed E-state index contributed by atoms with van der Waals surface area (Å²) in [7, 11) is 0. The standard InChI is InChI=1S/C25H49N3S/c1-2-3-4-5-6-7-8-9-10-11-12-13-14-15-16-17-18-19-20-21-22-28-24(26)23-25(29)27-28/h23H,2-22,26H2,1H3,(H,27,29). The highest BCUT2D eigenvalue weighted by Gasteiger charge is 2.01. The van der Waals surface area contributed by atoms with E-state index in [-0.39, 0.29) is 0 Å². The summed E-state index contributed by atoms with van der Waals surface area (Å²) in [6.07, 6.45) is 28.3. The predicted molar refractivity (Wildman–Crippen MR) is 132 cm³/mol. The molecule has 170 valence electrons. The Bertz CT molecular complexity index is 473. The van der Waals surface area contributed by atoms with E-state index in [0.717, 1.165) is 23.8 Å². The van der Waals surface area contributed by atoms with Gasteiger partial charge in [0, 0.05) is 12.6 Å². The fourth-order valence-corrected chi connectivity index (χ4v) is 4.35. The molecule has 0 amide bonds. The van der Waals surface area contributed by atoms with Gasteiger partial charge in [-0.15, -0.1) is 12.6 Å². The lowest BCUT2D eigenvalue weighted by Crippen LogP contribution is -2.04. The fraction of sp³-hybridized carbons (Fsp3) is 0.880. The van der Waals surface area contributed by atoms with Crippen LogP contribution in [0, 0.1) is 0 Å². The first-order valence-electron chi connectivity index (χ1n) is 12.8. The van der Waals surface area contributed by atoms with Crippen LogP contribution in [0.15, 0.2) is 11.1 Å². The lowest BCUT2D eigenvalue weighted by molar-refractivity contribution is 0.507. The molecule has 1 aromatic heterocycles. The van der Waals surface area contributed by atoms with Crippen LogP contribution in [0.4, 0.5) is 5.82 Å². The number of aryl methyl sites for hydroxylation is 1. The Morgan fingerprint density at radius 3 is 1.31 bits per heavy atom. The number of nitrogen functional groups attached to an aromatic ring is 1. The van der Waals surface area contributed by atoms with Crippen molar-refractivity contribution >= 4 is 18.4 Å². The molecule has 0 fully saturated rings. The van der Waals surface area contributed by atoms with E-state index in [1.54, 1.807) is 0 Å². The highest BCUT2D eigenvalue weighted by molar-refractivity contribution is 7.80. The van der Waals surface area contributed by atoms with Crippen molar-refractivity contribution in [2.24, 2.45) is 0 Å². The molecule has 1 rings (SSSR count). The molecule has 0 unspecified atom stereocenters. The topological polar surface area (TPSA) is 43.8 Å². The molecule has 0 atom stereocenters. The number of thiol groups is 1. The lowest BCUT2D eigenvalue weighted by atomic mass is 10.0. The number of anilines is 1. The van der Waals surface area contributed by atoms with Gasteiger partial charge in [0.25, 0.3) is 0 Å². The van der Waals surface area contributed by atoms with Gasteiger partial charge in [-0.2, -0.15) is 5.10 Å². The molecule has 0 aliphatic heterocycles. The first-order chi connectivity index (χ1) is 14.2. The number of rotatable bonds is 21. The average molecular weight is 424 g/mol. The third kappa shape index (κ3) is 15.8. The summed E-state index contributed by atoms with van der Waals surface area (Å²) in [6, 6.07) is 1.82. The van der Waals surface area contributed by atoms with Crippen LogP contribution in [0.3, 0.4) is 0 Å². The van der Waals surface area contributed by atoms with Gasteiger partial charge < -0.3 is 5.73 Å². The van der Waals surface area contributed by atoms with Gasteiger partial charge >= 0.3 is 0 Å². The summed E-state index contributed by atoms with van der Waals surface area (Å²) in [4.78, 5) is 0. The maximum Gasteiger partial charge on any atom is 0.122 e. The molecule has 0 spiro atoms. The van der Waals surface area contributed by atoms with Gasteiger partial charge in [0.2, 0.25) is 0 Å². The summed E-state index contributed by atoms with van der Waals surface area (Å²) < 4.78 is 1.87. The van der Waals surface area contributed by atoms with Crippen molar-refractivity contribution in [1.29, 1.82) is 0 Å². The van der Waals surface area contributed by atoms with Crippen molar-refractivity contribution in [3.8, 4) is 0 Å². The fourth-order valence-electron chi connectivity index (χ4n) is 4.11. The van der Waals surface area contributed by atoms with Gasteiger partial charge in [-0.05, 0) is 6.42 Å². The minimum atomic E-state index is 0.718. The van der Waals surface area contributed by atoms with Crippen molar-refractivity contribution < 1.29 is 0 Å². The smallest absolute Gasteiger partial charge is 0.122 e. The summed E-state index contributed by atoms with van der Waals surface area (Å²) in [5.74, 6) is 0.729. The molecular formula is C25H49N3S. The lowest BCUT2D eigenvalue weighted by Gasteiger charge is -2.05. The van der Waals surface area contributed by atoms with Gasteiger partial charge in [-0.1, -0.05) is 129 Å². The van der Waals surface area contributed by atoms with Gasteiger partial charge in [0.05, 0.1) is 0 Å². The average Bonchev–Trinajstić information content (AvgIpc) is 3.03. The summed E-state index contributed by atoms with van der Waals surface area (Å²) in [5.41, 5.74) is 5.88. The highest BCUT2D eigenvalue weighted by Crippen LogP contribution is 2.15. The van der Waals surface area contributed by atoms with Crippen LogP contribution in [0.25, 0.3) is 0 Å². The molecule has 3 nitrogen and oxygen atoms in total. The van der Waals surface area contributed by atoms with Crippen LogP contribution in [0.5, 0.6) is 0 Å². The highest BCUT2D eigenvalue weighted by atomic mass is 32.1. The van der Waals surface area contributed by atoms with Crippen LogP contribution < -0.4 is 5.73 Å². The van der Waals surface area contributed by atoms with E-state index in [1.807, 2.05) is 10.7 Å². The van der Waals surface area contributed by atoms with E-state index in [2.05, 4.69) is 24.7 Å². The minimum absolute atomic E-state index is 0.718. The van der Waals surface area contributed by atoms with Crippen molar-refractivity contribution in [3.05, 3.63) is 6.07 Å². The molecule has 0 saturated carbocycles. The maximum absolute atomic E-state index is 5.88. The summed E-state index contributed by atoms with van der Waals surface area (Å²) in [6.45, 7) is 3.22. The third-order valence-corrected chi connectivity index (χ3v) is 6.24. The van der Waals surface area contributed by atoms with Gasteiger partial charge in [0.15, 0.2) is 0 Å². The van der Waals surface area contributed by atoms with Crippen LogP contribution >= 0.6 is 12.6 Å². The number of unbranched alkanes of at least 4 members (excludes halogenated alkanes) is 19. The minimum Gasteiger partial charge on any atom is -0.384 e. The molecule has 0 radical (unpaired) electrons. The number of hydrogen-bond acceptors (Lipinski definition) is 3. The van der Waals surface area contributed by atoms with Crippen LogP contribution in [-0.2, 0) is 6.54 Å². The normalized spacial score (nSPS) is 11.4. The molecule has 0 aromatic carbocycles. The third-order valence-electron chi connectivity index (χ3n) is 6.02. The number of hydrogen-bond donors (Lipinski definition) is 2. The number of aromatic nitrogens is 2. The van der Waals surface area contributed by atoms with Gasteiger partial charge in [-0.25, -0.2) is 4.68 Å². The first kappa shape index (κ1) is 26.4. The Morgan fingerprint density at radius 1 is 0.655 bits per heavy atom. The quantitative estimate of drug-likeness (QED) is 0.153. The largest absolute Gasteiger partial charge is 0.384 e. The molecule has 0 bridgehead atoms. The Kier molecular flexibility index (Phi) is 17.6.